The molecule has 4 bridgehead atoms. The summed E-state index contributed by atoms with van der Waals surface area (Å²) in [6.07, 6.45) is 19.7. The van der Waals surface area contributed by atoms with Crippen molar-refractivity contribution in [2.75, 3.05) is 6.16 Å². The third kappa shape index (κ3) is 11.5. The highest BCUT2D eigenvalue weighted by Crippen LogP contribution is 2.57. The lowest BCUT2D eigenvalue weighted by Gasteiger charge is -2.45. The molecule has 8 rings (SSSR count). The van der Waals surface area contributed by atoms with Crippen LogP contribution in [0, 0.1) is 65.1 Å². The minimum atomic E-state index is -2.17. The average Bonchev–Trinajstić information content (AvgIpc) is 3.22. The van der Waals surface area contributed by atoms with E-state index in [-0.39, 0.29) is 18.3 Å². The van der Waals surface area contributed by atoms with Crippen molar-refractivity contribution in [2.45, 2.75) is 176 Å². The maximum atomic E-state index is 11.6. The largest absolute Gasteiger partial charge is 0.449 e. The number of para-hydroxylation sites is 2. The fourth-order valence-corrected chi connectivity index (χ4v) is 16.5. The van der Waals surface area contributed by atoms with Crippen molar-refractivity contribution in [1.29, 1.82) is 0 Å². The lowest BCUT2D eigenvalue weighted by molar-refractivity contribution is -0.0273. The predicted octanol–water partition coefficient (Wildman–Crippen LogP) is 15.3. The van der Waals surface area contributed by atoms with E-state index in [0.717, 1.165) is 62.9 Å². The second kappa shape index (κ2) is 21.1. The third-order valence-corrected chi connectivity index (χ3v) is 20.5. The Kier molecular flexibility index (Phi) is 16.1. The lowest BCUT2D eigenvalue weighted by Crippen LogP contribution is -2.39. The molecule has 61 heavy (non-hydrogen) atoms. The summed E-state index contributed by atoms with van der Waals surface area (Å²) in [7, 11) is -2.73. The summed E-state index contributed by atoms with van der Waals surface area (Å²) in [4.78, 5) is 11.6. The smallest absolute Gasteiger partial charge is 0.397 e. The van der Waals surface area contributed by atoms with E-state index < -0.39 is 17.2 Å². The Bertz CT molecular complexity index is 1680. The number of fused-ring (bicyclic) bond motifs is 6. The summed E-state index contributed by atoms with van der Waals surface area (Å²) >= 11 is 0. The molecule has 5 fully saturated rings. The van der Waals surface area contributed by atoms with Gasteiger partial charge in [-0.2, -0.15) is 0 Å². The second-order valence-corrected chi connectivity index (χ2v) is 25.1. The Morgan fingerprint density at radius 1 is 0.656 bits per heavy atom. The highest BCUT2D eigenvalue weighted by atomic mass is 31.2. The monoisotopic (exact) mass is 897 g/mol. The number of ether oxygens (including phenoxy) is 1. The van der Waals surface area contributed by atoms with Crippen LogP contribution < -0.4 is 13.8 Å². The first-order valence-corrected chi connectivity index (χ1v) is 28.2. The van der Waals surface area contributed by atoms with Gasteiger partial charge in [0.1, 0.15) is 0 Å². The van der Waals surface area contributed by atoms with Gasteiger partial charge in [0, 0.05) is 17.5 Å². The SMILES string of the molecule is CC(C)C1CC[C@@H](CC[C@@H]2CC[C@@H](C(C)C)PC2)C[C@H]1OP(O)Oc1cccc2c1Oc1c(cccc1OP1O[C@@H]3C[C@@H](CC[C@H]3C(C)C)C[C@@H]3CC[C@@H](C(C)C)[C@@H](C3)O1)C2. The highest BCUT2D eigenvalue weighted by Gasteiger charge is 2.44. The molecule has 7 nitrogen and oxygen atoms in total. The first-order valence-electron chi connectivity index (χ1n) is 24.7. The standard InChI is InChI=1S/C51H79O7P3/c1-31(2)41-21-17-35(15-16-36-20-24-49(34(7)8)59-30-36)26-46(41)55-60(52)54-44-13-9-11-39-29-40-12-10-14-45(51(40)53-50(39)44)56-61-57-47-27-37(18-22-42(47)32(3)4)25-38-19-23-43(33(5)6)48(28-38)58-61/h9-14,31-38,41-43,46-49,52,59H,15-30H2,1-8H3/t35-,36-,37+,38+,41?,42+,43+,46-,47-,48-,49+,60?/m1/s1. The molecule has 3 unspecified atom stereocenters. The van der Waals surface area contributed by atoms with Crippen LogP contribution in [0.4, 0.5) is 0 Å². The Balaban J connectivity index is 0.956. The van der Waals surface area contributed by atoms with E-state index in [1.165, 1.54) is 70.4 Å². The molecule has 3 aliphatic heterocycles. The van der Waals surface area contributed by atoms with E-state index in [1.54, 1.807) is 0 Å². The summed E-state index contributed by atoms with van der Waals surface area (Å²) in [5.41, 5.74) is 3.01. The van der Waals surface area contributed by atoms with E-state index in [2.05, 4.69) is 73.6 Å². The van der Waals surface area contributed by atoms with Gasteiger partial charge in [0.2, 0.25) is 0 Å². The molecule has 2 aromatic rings. The van der Waals surface area contributed by atoms with Gasteiger partial charge in [-0.1, -0.05) is 86.1 Å². The molecule has 340 valence electrons. The van der Waals surface area contributed by atoms with Crippen LogP contribution in [0.5, 0.6) is 23.0 Å². The summed E-state index contributed by atoms with van der Waals surface area (Å²) in [6.45, 7) is 18.8. The van der Waals surface area contributed by atoms with Crippen LogP contribution in [-0.2, 0) is 20.0 Å². The maximum Gasteiger partial charge on any atom is 0.397 e. The summed E-state index contributed by atoms with van der Waals surface area (Å²) in [6, 6.07) is 12.2. The number of benzene rings is 2. The molecule has 0 amide bonds. The first kappa shape index (κ1) is 46.5. The minimum absolute atomic E-state index is 0.0151. The van der Waals surface area contributed by atoms with Crippen LogP contribution in [0.15, 0.2) is 36.4 Å². The van der Waals surface area contributed by atoms with Gasteiger partial charge in [-0.25, -0.2) is 0 Å². The molecule has 2 aromatic carbocycles. The second-order valence-electron chi connectivity index (χ2n) is 21.6. The molecule has 2 saturated heterocycles. The van der Waals surface area contributed by atoms with Crippen molar-refractivity contribution in [3.8, 4) is 23.0 Å². The molecule has 13 atom stereocenters. The number of rotatable bonds is 13. The van der Waals surface area contributed by atoms with Crippen LogP contribution in [-0.4, -0.2) is 35.0 Å². The fourth-order valence-electron chi connectivity index (χ4n) is 12.4. The quantitative estimate of drug-likeness (QED) is 0.171. The molecule has 6 aliphatic rings. The van der Waals surface area contributed by atoms with Gasteiger partial charge in [0.25, 0.3) is 0 Å². The topological polar surface area (TPSA) is 75.6 Å². The van der Waals surface area contributed by atoms with Crippen molar-refractivity contribution in [1.82, 2.24) is 0 Å². The van der Waals surface area contributed by atoms with Crippen molar-refractivity contribution in [3.05, 3.63) is 47.5 Å². The van der Waals surface area contributed by atoms with Crippen molar-refractivity contribution >= 4 is 25.8 Å². The van der Waals surface area contributed by atoms with Gasteiger partial charge in [-0.3, -0.25) is 13.6 Å². The van der Waals surface area contributed by atoms with Gasteiger partial charge in [-0.15, -0.1) is 8.58 Å². The van der Waals surface area contributed by atoms with Gasteiger partial charge in [-0.05, 0) is 173 Å². The number of hydrogen-bond acceptors (Lipinski definition) is 7. The van der Waals surface area contributed by atoms with Crippen molar-refractivity contribution in [3.63, 3.8) is 0 Å². The zero-order chi connectivity index (χ0) is 42.8. The van der Waals surface area contributed by atoms with E-state index in [4.69, 9.17) is 27.4 Å². The summed E-state index contributed by atoms with van der Waals surface area (Å²) in [5, 5.41) is 0. The fraction of sp³-hybridized carbons (Fsp3) is 0.765. The van der Waals surface area contributed by atoms with E-state index >= 15 is 0 Å². The molecule has 3 saturated carbocycles. The van der Waals surface area contributed by atoms with Crippen LogP contribution >= 0.6 is 25.8 Å². The minimum Gasteiger partial charge on any atom is -0.449 e. The zero-order valence-corrected chi connectivity index (χ0v) is 41.5. The predicted molar refractivity (Wildman–Crippen MR) is 253 cm³/mol. The van der Waals surface area contributed by atoms with Crippen LogP contribution in [0.2, 0.25) is 0 Å². The molecule has 10 heteroatoms. The molecule has 1 N–H and O–H groups in total. The molecule has 0 spiro atoms. The zero-order valence-electron chi connectivity index (χ0n) is 38.7. The van der Waals surface area contributed by atoms with Crippen LogP contribution in [0.25, 0.3) is 0 Å². The van der Waals surface area contributed by atoms with Crippen LogP contribution in [0.3, 0.4) is 0 Å². The Morgan fingerprint density at radius 2 is 1.23 bits per heavy atom. The number of hydrogen-bond donors (Lipinski definition) is 1. The molecule has 0 aromatic heterocycles. The first-order chi connectivity index (χ1) is 29.4. The molecule has 3 heterocycles. The van der Waals surface area contributed by atoms with E-state index in [9.17, 15) is 4.89 Å². The molecule has 3 aliphatic carbocycles. The molecule has 0 radical (unpaired) electrons. The van der Waals surface area contributed by atoms with Gasteiger partial charge in [0.15, 0.2) is 23.0 Å². The van der Waals surface area contributed by atoms with Crippen LogP contribution in [0.1, 0.15) is 156 Å². The lowest BCUT2D eigenvalue weighted by atomic mass is 9.68. The third-order valence-electron chi connectivity index (χ3n) is 16.2. The van der Waals surface area contributed by atoms with Gasteiger partial charge < -0.3 is 18.7 Å². The Hall–Kier alpha value is -1.03. The van der Waals surface area contributed by atoms with Crippen molar-refractivity contribution < 1.29 is 32.2 Å². The van der Waals surface area contributed by atoms with Gasteiger partial charge >= 0.3 is 17.2 Å². The molecular weight excluding hydrogens is 817 g/mol. The summed E-state index contributed by atoms with van der Waals surface area (Å²) in [5.74, 6) is 9.18. The Labute approximate surface area is 374 Å². The normalized spacial score (nSPS) is 34.2. The highest BCUT2D eigenvalue weighted by molar-refractivity contribution is 7.42. The maximum absolute atomic E-state index is 11.6. The van der Waals surface area contributed by atoms with E-state index in [1.807, 2.05) is 18.2 Å². The van der Waals surface area contributed by atoms with E-state index in [0.29, 0.717) is 82.7 Å². The van der Waals surface area contributed by atoms with Gasteiger partial charge in [0.05, 0.1) is 18.3 Å². The summed E-state index contributed by atoms with van der Waals surface area (Å²) < 4.78 is 40.9. The molecular formula is C51H79O7P3. The average molecular weight is 897 g/mol. The van der Waals surface area contributed by atoms with Crippen molar-refractivity contribution in [2.24, 2.45) is 65.1 Å². The Morgan fingerprint density at radius 3 is 1.82 bits per heavy atom.